The summed E-state index contributed by atoms with van der Waals surface area (Å²) in [4.78, 5) is 8.51. The van der Waals surface area contributed by atoms with Gasteiger partial charge in [0.2, 0.25) is 0 Å². The van der Waals surface area contributed by atoms with Gasteiger partial charge in [0.1, 0.15) is 17.3 Å². The molecule has 0 amide bonds. The van der Waals surface area contributed by atoms with Crippen LogP contribution in [0.1, 0.15) is 99.6 Å². The van der Waals surface area contributed by atoms with Crippen LogP contribution in [0.3, 0.4) is 0 Å². The van der Waals surface area contributed by atoms with Crippen LogP contribution in [-0.4, -0.2) is 9.55 Å². The molecule has 7 heteroatoms. The summed E-state index contributed by atoms with van der Waals surface area (Å²) in [6, 6.07) is 42.6. The molecular weight excluding hydrogens is 1220 g/mol. The maximum atomic E-state index is 9.33. The van der Waals surface area contributed by atoms with Crippen molar-refractivity contribution < 1.29 is 51.1 Å². The molecule has 0 atom stereocenters. The molecule has 0 unspecified atom stereocenters. The number of pyridine rings is 1. The zero-order chi connectivity index (χ0) is 71.0. The molecule has 1 aliphatic rings. The molecule has 0 fully saturated rings. The number of fused-ring (bicyclic) bond motifs is 4. The van der Waals surface area contributed by atoms with Crippen LogP contribution >= 0.6 is 0 Å². The Hall–Kier alpha value is -8.96. The van der Waals surface area contributed by atoms with Gasteiger partial charge in [-0.05, 0) is 97.0 Å². The average Bonchev–Trinajstić information content (AvgIpc) is 1.24. The Labute approximate surface area is 536 Å². The second kappa shape index (κ2) is 22.6. The SMILES string of the molecule is [2H]c1c([2H])c([2H])c(-c2cccc(-c3cc(C(C)(C)C)cc(C(C)(C)C)c3)c2Oc2ccnc(-n3c4[c-]c(Oc5[c-]c(N6[CH-]N(c7c(-c8c([2H])c([2H])c([2H])c([2H])c8[2H])cc(C(C)(C)C)cc7-c7c([2H])c([2H])c([2H])c([2H])c7[2H])c7ccccc76)ccc5)ccc4c4ccccc43)c2)c([2H])c1[2H].[Pt]. The normalized spacial score (nSPS) is 15.0. The van der Waals surface area contributed by atoms with Crippen molar-refractivity contribution in [1.82, 2.24) is 9.55 Å². The summed E-state index contributed by atoms with van der Waals surface area (Å²) in [5.41, 5.74) is 6.54. The Balaban J connectivity index is 0.00000948. The first kappa shape index (κ1) is 41.1. The van der Waals surface area contributed by atoms with Gasteiger partial charge < -0.3 is 23.8 Å². The predicted molar refractivity (Wildman–Crippen MR) is 349 cm³/mol. The van der Waals surface area contributed by atoms with Gasteiger partial charge in [-0.1, -0.05) is 225 Å². The van der Waals surface area contributed by atoms with Crippen molar-refractivity contribution in [3.63, 3.8) is 0 Å². The molecule has 1 aliphatic heterocycles. The molecule has 0 saturated heterocycles. The minimum absolute atomic E-state index is 0. The molecule has 424 valence electrons. The van der Waals surface area contributed by atoms with Crippen LogP contribution in [0, 0.1) is 18.8 Å². The van der Waals surface area contributed by atoms with Crippen molar-refractivity contribution in [2.24, 2.45) is 0 Å². The second-order valence-corrected chi connectivity index (χ2v) is 23.9. The molecule has 0 radical (unpaired) electrons. The van der Waals surface area contributed by atoms with Crippen LogP contribution in [0.15, 0.2) is 236 Å². The minimum Gasteiger partial charge on any atom is -0.509 e. The second-order valence-electron chi connectivity index (χ2n) is 23.9. The van der Waals surface area contributed by atoms with E-state index in [0.717, 1.165) is 33.0 Å². The molecule has 0 aliphatic carbocycles. The summed E-state index contributed by atoms with van der Waals surface area (Å²) < 4.78 is 150. The number of ether oxygens (including phenoxy) is 2. The van der Waals surface area contributed by atoms with Gasteiger partial charge in [0.15, 0.2) is 0 Å². The monoisotopic (exact) mass is 1300 g/mol. The average molecular weight is 1300 g/mol. The van der Waals surface area contributed by atoms with E-state index >= 15 is 0 Å². The van der Waals surface area contributed by atoms with E-state index in [0.29, 0.717) is 56.6 Å². The Morgan fingerprint density at radius 2 is 0.988 bits per heavy atom. The van der Waals surface area contributed by atoms with Crippen LogP contribution in [0.25, 0.3) is 72.1 Å². The Morgan fingerprint density at radius 3 is 1.60 bits per heavy atom. The third-order valence-corrected chi connectivity index (χ3v) is 15.1. The Morgan fingerprint density at radius 1 is 0.459 bits per heavy atom. The zero-order valence-corrected chi connectivity index (χ0v) is 50.6. The van der Waals surface area contributed by atoms with E-state index in [1.54, 1.807) is 60.2 Å². The molecular formula is C78H67N4O2Pt-3. The fourth-order valence-electron chi connectivity index (χ4n) is 10.7. The largest absolute Gasteiger partial charge is 0.509 e. The van der Waals surface area contributed by atoms with Gasteiger partial charge in [0.25, 0.3) is 0 Å². The third-order valence-electron chi connectivity index (χ3n) is 15.1. The van der Waals surface area contributed by atoms with Crippen molar-refractivity contribution in [3.8, 4) is 73.3 Å². The number of anilines is 4. The van der Waals surface area contributed by atoms with Crippen molar-refractivity contribution in [2.75, 3.05) is 9.80 Å². The van der Waals surface area contributed by atoms with Crippen LogP contribution in [-0.2, 0) is 37.3 Å². The summed E-state index contributed by atoms with van der Waals surface area (Å²) in [7, 11) is 0. The van der Waals surface area contributed by atoms with E-state index in [4.69, 9.17) is 29.5 Å². The quantitative estimate of drug-likeness (QED) is 0.121. The topological polar surface area (TPSA) is 42.8 Å². The maximum absolute atomic E-state index is 9.33. The molecule has 3 heterocycles. The number of aromatic nitrogens is 2. The van der Waals surface area contributed by atoms with E-state index in [-0.39, 0.29) is 89.0 Å². The molecule has 13 rings (SSSR count). The van der Waals surface area contributed by atoms with Gasteiger partial charge in [0.05, 0.1) is 20.6 Å². The van der Waals surface area contributed by atoms with Crippen molar-refractivity contribution in [2.45, 2.75) is 78.6 Å². The van der Waals surface area contributed by atoms with Gasteiger partial charge in [-0.25, -0.2) is 4.98 Å². The summed E-state index contributed by atoms with van der Waals surface area (Å²) in [6.07, 6.45) is 1.62. The first-order valence-electron chi connectivity index (χ1n) is 35.3. The molecule has 0 N–H and O–H groups in total. The Kier molecular flexibility index (Phi) is 10.9. The fraction of sp³-hybridized carbons (Fsp3) is 0.154. The zero-order valence-electron chi connectivity index (χ0n) is 63.4. The number of nitrogens with zero attached hydrogens (tertiary/aromatic N) is 4. The standard InChI is InChI=1S/C78H67N4O2.Pt/c1-76(2,3)56-43-55(44-57(45-56)77(4,5)6)64-35-24-34-63(52-25-13-10-14-26-52)75(64)84-62-41-42-79-73(50-62)82-69-36-20-19-33-65(69)66-40-39-61(49-72(66)82)83-60-32-23-31-59(48-60)80-51-81(71-38-22-21-37-70(71)80)74-67(53-27-15-11-16-28-53)46-58(78(7,8)9)47-68(74)54-29-17-12-18-30-54;/h10-47,50-51H,1-9H3;/q-3;/i10D,11D,12D,13D,14D,15D,16D,17D,18D,25D,26D,27D,28D,29D,30D;. The molecule has 10 aromatic carbocycles. The molecule has 0 spiro atoms. The molecule has 0 saturated carbocycles. The van der Waals surface area contributed by atoms with E-state index in [1.165, 1.54) is 0 Å². The van der Waals surface area contributed by atoms with Gasteiger partial charge in [-0.15, -0.1) is 48.1 Å². The van der Waals surface area contributed by atoms with Gasteiger partial charge in [-0.2, -0.15) is 12.1 Å². The summed E-state index contributed by atoms with van der Waals surface area (Å²) >= 11 is 0. The van der Waals surface area contributed by atoms with Gasteiger partial charge >= 0.3 is 0 Å². The van der Waals surface area contributed by atoms with Gasteiger partial charge in [-0.3, -0.25) is 0 Å². The molecule has 6 nitrogen and oxygen atoms in total. The molecule has 85 heavy (non-hydrogen) atoms. The van der Waals surface area contributed by atoms with Crippen LogP contribution in [0.5, 0.6) is 23.0 Å². The van der Waals surface area contributed by atoms with Crippen molar-refractivity contribution in [1.29, 1.82) is 0 Å². The van der Waals surface area contributed by atoms with E-state index in [9.17, 15) is 5.48 Å². The number of rotatable bonds is 11. The van der Waals surface area contributed by atoms with Crippen molar-refractivity contribution >= 4 is 44.6 Å². The van der Waals surface area contributed by atoms with E-state index in [1.807, 2.05) is 109 Å². The smallest absolute Gasteiger partial charge is 0.143 e. The number of hydrogen-bond donors (Lipinski definition) is 0. The predicted octanol–water partition coefficient (Wildman–Crippen LogP) is 21.3. The molecule has 12 aromatic rings. The number of benzene rings is 10. The first-order valence-corrected chi connectivity index (χ1v) is 27.8. The van der Waals surface area contributed by atoms with Crippen LogP contribution < -0.4 is 19.3 Å². The number of hydrogen-bond acceptors (Lipinski definition) is 5. The molecule has 0 bridgehead atoms. The van der Waals surface area contributed by atoms with Gasteiger partial charge in [0, 0.05) is 89.7 Å². The van der Waals surface area contributed by atoms with E-state index in [2.05, 4.69) is 71.9 Å². The Bertz CT molecular complexity index is 5160. The first-order chi connectivity index (χ1) is 46.7. The maximum Gasteiger partial charge on any atom is 0.143 e. The fourth-order valence-corrected chi connectivity index (χ4v) is 10.7. The van der Waals surface area contributed by atoms with E-state index < -0.39 is 84.0 Å². The summed E-state index contributed by atoms with van der Waals surface area (Å²) in [5, 5.41) is 1.72. The van der Waals surface area contributed by atoms with Crippen molar-refractivity contribution in [3.05, 3.63) is 272 Å². The van der Waals surface area contributed by atoms with Crippen LogP contribution in [0.4, 0.5) is 22.7 Å². The summed E-state index contributed by atoms with van der Waals surface area (Å²) in [6.45, 7) is 20.4. The summed E-state index contributed by atoms with van der Waals surface area (Å²) in [5.74, 6) is 1.65. The number of para-hydroxylation sites is 4. The molecule has 2 aromatic heterocycles. The third kappa shape index (κ3) is 11.1. The minimum atomic E-state index is -0.673. The van der Waals surface area contributed by atoms with Crippen LogP contribution in [0.2, 0.25) is 0 Å².